The van der Waals surface area contributed by atoms with Gasteiger partial charge >= 0.3 is 5.97 Å². The molecule has 2 unspecified atom stereocenters. The van der Waals surface area contributed by atoms with Crippen LogP contribution in [0.25, 0.3) is 0 Å². The van der Waals surface area contributed by atoms with Gasteiger partial charge in [-0.15, -0.1) is 11.8 Å². The second kappa shape index (κ2) is 12.6. The highest BCUT2D eigenvalue weighted by Crippen LogP contribution is 2.39. The number of aryl methyl sites for hydroxylation is 1. The number of carboxylic acid groups (broad SMARTS) is 1. The smallest absolute Gasteiger partial charge is 0.303 e. The van der Waals surface area contributed by atoms with E-state index in [4.69, 9.17) is 5.11 Å². The van der Waals surface area contributed by atoms with E-state index < -0.39 is 24.3 Å². The van der Waals surface area contributed by atoms with Crippen LogP contribution in [-0.4, -0.2) is 50.5 Å². The third-order valence-electron chi connectivity index (χ3n) is 6.00. The van der Waals surface area contributed by atoms with Gasteiger partial charge in [0.25, 0.3) is 0 Å². The number of hydrogen-bond acceptors (Lipinski definition) is 5. The van der Waals surface area contributed by atoms with Gasteiger partial charge in [-0.1, -0.05) is 37.0 Å². The summed E-state index contributed by atoms with van der Waals surface area (Å²) in [6.45, 7) is 2.05. The van der Waals surface area contributed by atoms with Crippen LogP contribution in [0.4, 0.5) is 0 Å². The SMILES string of the molecule is Cc1ccc(SCC(O)CC[C@@H]2C(CCCCCCC(=O)O)[C@@H](O)C[C@H]2O)cc1. The summed E-state index contributed by atoms with van der Waals surface area (Å²) in [5, 5.41) is 39.8. The molecule has 1 aromatic carbocycles. The Bertz CT molecular complexity index is 606. The van der Waals surface area contributed by atoms with Gasteiger partial charge in [-0.3, -0.25) is 4.79 Å². The third kappa shape index (κ3) is 8.67. The average Bonchev–Trinajstić information content (AvgIpc) is 2.94. The highest BCUT2D eigenvalue weighted by Gasteiger charge is 2.40. The van der Waals surface area contributed by atoms with Crippen molar-refractivity contribution in [1.29, 1.82) is 0 Å². The number of benzene rings is 1. The third-order valence-corrected chi connectivity index (χ3v) is 7.15. The lowest BCUT2D eigenvalue weighted by Crippen LogP contribution is -2.24. The molecule has 1 saturated carbocycles. The van der Waals surface area contributed by atoms with Gasteiger partial charge < -0.3 is 20.4 Å². The minimum absolute atomic E-state index is 0.0306. The summed E-state index contributed by atoms with van der Waals surface area (Å²) < 4.78 is 0. The lowest BCUT2D eigenvalue weighted by Gasteiger charge is -2.24. The molecule has 5 nitrogen and oxygen atoms in total. The number of thioether (sulfide) groups is 1. The summed E-state index contributed by atoms with van der Waals surface area (Å²) >= 11 is 1.64. The van der Waals surface area contributed by atoms with E-state index in [1.807, 2.05) is 0 Å². The minimum atomic E-state index is -0.751. The quantitative estimate of drug-likeness (QED) is 0.282. The number of carboxylic acids is 1. The van der Waals surface area contributed by atoms with E-state index in [1.54, 1.807) is 11.8 Å². The standard InChI is InChI=1S/C23H36O5S/c1-16-8-11-18(12-9-16)29-15-17(24)10-13-20-19(21(25)14-22(20)26)6-4-2-3-5-7-23(27)28/h8-9,11-12,17,19-22,24-26H,2-7,10,13-15H2,1H3,(H,27,28)/t17?,19?,20-,21+,22-/m1/s1. The van der Waals surface area contributed by atoms with Gasteiger partial charge in [-0.25, -0.2) is 0 Å². The predicted octanol–water partition coefficient (Wildman–Crippen LogP) is 4.01. The van der Waals surface area contributed by atoms with Crippen molar-refractivity contribution in [3.05, 3.63) is 29.8 Å². The molecule has 1 aromatic rings. The first-order valence-corrected chi connectivity index (χ1v) is 11.8. The zero-order chi connectivity index (χ0) is 21.2. The van der Waals surface area contributed by atoms with Crippen molar-refractivity contribution in [3.8, 4) is 0 Å². The van der Waals surface area contributed by atoms with Crippen molar-refractivity contribution in [2.75, 3.05) is 5.75 Å². The van der Waals surface area contributed by atoms with Crippen LogP contribution in [0.15, 0.2) is 29.2 Å². The number of aliphatic hydroxyl groups is 3. The molecule has 5 atom stereocenters. The molecule has 0 spiro atoms. The molecule has 1 fully saturated rings. The van der Waals surface area contributed by atoms with E-state index in [0.29, 0.717) is 25.0 Å². The van der Waals surface area contributed by atoms with Gasteiger partial charge in [-0.05, 0) is 63.0 Å². The Morgan fingerprint density at radius 3 is 2.31 bits per heavy atom. The van der Waals surface area contributed by atoms with E-state index in [9.17, 15) is 20.1 Å². The highest BCUT2D eigenvalue weighted by molar-refractivity contribution is 7.99. The molecule has 0 aliphatic heterocycles. The Balaban J connectivity index is 1.70. The fourth-order valence-corrected chi connectivity index (χ4v) is 5.17. The van der Waals surface area contributed by atoms with E-state index in [0.717, 1.165) is 37.0 Å². The zero-order valence-electron chi connectivity index (χ0n) is 17.4. The molecular weight excluding hydrogens is 388 g/mol. The Kier molecular flexibility index (Phi) is 10.5. The number of aliphatic hydroxyl groups excluding tert-OH is 3. The van der Waals surface area contributed by atoms with Crippen molar-refractivity contribution >= 4 is 17.7 Å². The maximum absolute atomic E-state index is 10.5. The highest BCUT2D eigenvalue weighted by atomic mass is 32.2. The molecular formula is C23H36O5S. The van der Waals surface area contributed by atoms with Gasteiger partial charge in [-0.2, -0.15) is 0 Å². The molecule has 164 valence electrons. The van der Waals surface area contributed by atoms with E-state index in [1.165, 1.54) is 5.56 Å². The maximum atomic E-state index is 10.5. The van der Waals surface area contributed by atoms with Crippen molar-refractivity contribution < 1.29 is 25.2 Å². The molecule has 0 amide bonds. The molecule has 0 saturated heterocycles. The summed E-state index contributed by atoms with van der Waals surface area (Å²) in [6.07, 6.45) is 4.90. The lowest BCUT2D eigenvalue weighted by molar-refractivity contribution is -0.137. The normalized spacial score (nSPS) is 25.2. The number of hydrogen-bond donors (Lipinski definition) is 4. The Morgan fingerprint density at radius 2 is 1.66 bits per heavy atom. The monoisotopic (exact) mass is 424 g/mol. The number of aliphatic carboxylic acids is 1. The Morgan fingerprint density at radius 1 is 1.03 bits per heavy atom. The maximum Gasteiger partial charge on any atom is 0.303 e. The predicted molar refractivity (Wildman–Crippen MR) is 116 cm³/mol. The summed E-state index contributed by atoms with van der Waals surface area (Å²) in [5.74, 6) is -0.0224. The molecule has 4 N–H and O–H groups in total. The Labute approximate surface area is 178 Å². The molecule has 2 rings (SSSR count). The van der Waals surface area contributed by atoms with E-state index in [-0.39, 0.29) is 18.3 Å². The lowest BCUT2D eigenvalue weighted by atomic mass is 9.85. The topological polar surface area (TPSA) is 98.0 Å². The van der Waals surface area contributed by atoms with Gasteiger partial charge in [0.05, 0.1) is 18.3 Å². The molecule has 0 heterocycles. The van der Waals surface area contributed by atoms with Crippen LogP contribution in [0, 0.1) is 18.8 Å². The molecule has 0 bridgehead atoms. The van der Waals surface area contributed by atoms with Gasteiger partial charge in [0, 0.05) is 17.1 Å². The first-order valence-electron chi connectivity index (χ1n) is 10.8. The summed E-state index contributed by atoms with van der Waals surface area (Å²) in [4.78, 5) is 11.7. The Hall–Kier alpha value is -1.08. The van der Waals surface area contributed by atoms with Crippen LogP contribution in [0.1, 0.15) is 63.4 Å². The molecule has 0 radical (unpaired) electrons. The van der Waals surface area contributed by atoms with Gasteiger partial charge in [0.15, 0.2) is 0 Å². The van der Waals surface area contributed by atoms with Crippen LogP contribution < -0.4 is 0 Å². The molecule has 1 aliphatic rings. The molecule has 6 heteroatoms. The zero-order valence-corrected chi connectivity index (χ0v) is 18.2. The number of unbranched alkanes of at least 4 members (excludes halogenated alkanes) is 3. The fraction of sp³-hybridized carbons (Fsp3) is 0.696. The van der Waals surface area contributed by atoms with Crippen LogP contribution in [0.5, 0.6) is 0 Å². The van der Waals surface area contributed by atoms with Gasteiger partial charge in [0.1, 0.15) is 0 Å². The van der Waals surface area contributed by atoms with Crippen LogP contribution in [0.3, 0.4) is 0 Å². The molecule has 0 aromatic heterocycles. The number of carbonyl (C=O) groups is 1. The summed E-state index contributed by atoms with van der Waals surface area (Å²) in [6, 6.07) is 8.26. The molecule has 29 heavy (non-hydrogen) atoms. The first-order chi connectivity index (χ1) is 13.9. The second-order valence-electron chi connectivity index (χ2n) is 8.40. The van der Waals surface area contributed by atoms with Crippen molar-refractivity contribution in [2.24, 2.45) is 11.8 Å². The van der Waals surface area contributed by atoms with Crippen LogP contribution in [0.2, 0.25) is 0 Å². The van der Waals surface area contributed by atoms with Crippen molar-refractivity contribution in [3.63, 3.8) is 0 Å². The van der Waals surface area contributed by atoms with Crippen molar-refractivity contribution in [1.82, 2.24) is 0 Å². The van der Waals surface area contributed by atoms with E-state index >= 15 is 0 Å². The minimum Gasteiger partial charge on any atom is -0.481 e. The van der Waals surface area contributed by atoms with E-state index in [2.05, 4.69) is 31.2 Å². The summed E-state index contributed by atoms with van der Waals surface area (Å²) in [5.41, 5.74) is 1.22. The summed E-state index contributed by atoms with van der Waals surface area (Å²) in [7, 11) is 0. The molecule has 1 aliphatic carbocycles. The van der Waals surface area contributed by atoms with Gasteiger partial charge in [0.2, 0.25) is 0 Å². The van der Waals surface area contributed by atoms with Crippen LogP contribution >= 0.6 is 11.8 Å². The number of rotatable bonds is 13. The largest absolute Gasteiger partial charge is 0.481 e. The average molecular weight is 425 g/mol. The van der Waals surface area contributed by atoms with Crippen molar-refractivity contribution in [2.45, 2.75) is 87.9 Å². The van der Waals surface area contributed by atoms with Crippen LogP contribution in [-0.2, 0) is 4.79 Å². The fourth-order valence-electron chi connectivity index (χ4n) is 4.29. The second-order valence-corrected chi connectivity index (χ2v) is 9.49. The first kappa shape index (κ1) is 24.2.